The van der Waals surface area contributed by atoms with Crippen molar-refractivity contribution in [3.8, 4) is 0 Å². The Morgan fingerprint density at radius 3 is 2.19 bits per heavy atom. The lowest BCUT2D eigenvalue weighted by Crippen LogP contribution is -1.85. The Balaban J connectivity index is 1.97. The highest BCUT2D eigenvalue weighted by Crippen LogP contribution is 2.23. The van der Waals surface area contributed by atoms with Crippen molar-refractivity contribution in [1.82, 2.24) is 0 Å². The Kier molecular flexibility index (Phi) is 4.16. The van der Waals surface area contributed by atoms with Gasteiger partial charge >= 0.3 is 0 Å². The van der Waals surface area contributed by atoms with Crippen LogP contribution >= 0.6 is 39.5 Å². The summed E-state index contributed by atoms with van der Waals surface area (Å²) in [4.78, 5) is 1.16. The van der Waals surface area contributed by atoms with Crippen LogP contribution in [0.15, 0.2) is 57.9 Å². The van der Waals surface area contributed by atoms with Crippen molar-refractivity contribution in [2.45, 2.75) is 4.90 Å². The van der Waals surface area contributed by atoms with Gasteiger partial charge in [0.15, 0.2) is 0 Å². The van der Waals surface area contributed by atoms with Crippen molar-refractivity contribution in [1.29, 1.82) is 0 Å². The normalized spacial score (nSPS) is 10.1. The predicted octanol–water partition coefficient (Wildman–Crippen LogP) is 5.22. The molecule has 1 N–H and O–H groups in total. The summed E-state index contributed by atoms with van der Waals surface area (Å²) >= 11 is 10.8. The molecule has 0 radical (unpaired) electrons. The van der Waals surface area contributed by atoms with Crippen molar-refractivity contribution < 1.29 is 0 Å². The van der Waals surface area contributed by atoms with Gasteiger partial charge in [0.1, 0.15) is 0 Å². The number of rotatable bonds is 3. The minimum absolute atomic E-state index is 0.749. The molecule has 0 bridgehead atoms. The minimum atomic E-state index is 0.749. The van der Waals surface area contributed by atoms with Gasteiger partial charge in [0, 0.05) is 20.1 Å². The maximum absolute atomic E-state index is 5.81. The van der Waals surface area contributed by atoms with E-state index in [1.54, 1.807) is 11.9 Å². The van der Waals surface area contributed by atoms with E-state index in [1.807, 2.05) is 36.4 Å². The Labute approximate surface area is 112 Å². The molecule has 0 saturated carbocycles. The highest BCUT2D eigenvalue weighted by atomic mass is 79.9. The summed E-state index contributed by atoms with van der Waals surface area (Å²) in [6, 6.07) is 15.8. The van der Waals surface area contributed by atoms with Crippen LogP contribution in [0.1, 0.15) is 0 Å². The van der Waals surface area contributed by atoms with Crippen molar-refractivity contribution in [3.05, 3.63) is 58.0 Å². The molecule has 0 unspecified atom stereocenters. The highest BCUT2D eigenvalue weighted by Gasteiger charge is 1.95. The summed E-state index contributed by atoms with van der Waals surface area (Å²) in [5.41, 5.74) is 1.04. The second kappa shape index (κ2) is 5.62. The summed E-state index contributed by atoms with van der Waals surface area (Å²) < 4.78 is 4.34. The summed E-state index contributed by atoms with van der Waals surface area (Å²) in [6.07, 6.45) is 0. The van der Waals surface area contributed by atoms with E-state index in [0.29, 0.717) is 0 Å². The molecule has 82 valence electrons. The molecule has 0 aliphatic heterocycles. The summed E-state index contributed by atoms with van der Waals surface area (Å²) in [7, 11) is 0. The third-order valence-electron chi connectivity index (χ3n) is 1.94. The molecule has 0 amide bonds. The van der Waals surface area contributed by atoms with Gasteiger partial charge in [0.25, 0.3) is 0 Å². The van der Waals surface area contributed by atoms with Gasteiger partial charge < -0.3 is 4.72 Å². The van der Waals surface area contributed by atoms with Gasteiger partial charge in [-0.05, 0) is 60.5 Å². The third kappa shape index (κ3) is 3.44. The van der Waals surface area contributed by atoms with Crippen LogP contribution in [0.2, 0.25) is 5.02 Å². The van der Waals surface area contributed by atoms with Crippen LogP contribution in [-0.4, -0.2) is 0 Å². The lowest BCUT2D eigenvalue weighted by Gasteiger charge is -2.05. The minimum Gasteiger partial charge on any atom is -0.326 e. The number of anilines is 1. The van der Waals surface area contributed by atoms with Gasteiger partial charge in [-0.25, -0.2) is 0 Å². The molecule has 0 fully saturated rings. The van der Waals surface area contributed by atoms with Crippen molar-refractivity contribution >= 4 is 45.2 Å². The lowest BCUT2D eigenvalue weighted by molar-refractivity contribution is 1.44. The highest BCUT2D eigenvalue weighted by molar-refractivity contribution is 9.10. The van der Waals surface area contributed by atoms with Crippen LogP contribution in [0, 0.1) is 0 Å². The molecule has 2 rings (SSSR count). The zero-order chi connectivity index (χ0) is 11.4. The number of benzene rings is 2. The van der Waals surface area contributed by atoms with E-state index >= 15 is 0 Å². The second-order valence-corrected chi connectivity index (χ2v) is 5.40. The molecular formula is C12H9BrClNS. The van der Waals surface area contributed by atoms with E-state index in [9.17, 15) is 0 Å². The van der Waals surface area contributed by atoms with Crippen LogP contribution in [0.5, 0.6) is 0 Å². The zero-order valence-corrected chi connectivity index (χ0v) is 11.4. The van der Waals surface area contributed by atoms with E-state index in [2.05, 4.69) is 32.8 Å². The average Bonchev–Trinajstić information content (AvgIpc) is 2.30. The fourth-order valence-electron chi connectivity index (χ4n) is 1.14. The summed E-state index contributed by atoms with van der Waals surface area (Å²) in [6.45, 7) is 0. The quantitative estimate of drug-likeness (QED) is 0.779. The van der Waals surface area contributed by atoms with Gasteiger partial charge in [-0.2, -0.15) is 0 Å². The first-order chi connectivity index (χ1) is 7.74. The molecular weight excluding hydrogens is 306 g/mol. The fraction of sp³-hybridized carbons (Fsp3) is 0. The summed E-state index contributed by atoms with van der Waals surface area (Å²) in [5.74, 6) is 0. The predicted molar refractivity (Wildman–Crippen MR) is 75.1 cm³/mol. The zero-order valence-electron chi connectivity index (χ0n) is 8.28. The molecule has 0 spiro atoms. The van der Waals surface area contributed by atoms with Gasteiger partial charge in [-0.3, -0.25) is 0 Å². The van der Waals surface area contributed by atoms with Crippen LogP contribution in [0.4, 0.5) is 5.69 Å². The first kappa shape index (κ1) is 11.8. The van der Waals surface area contributed by atoms with Crippen molar-refractivity contribution in [2.75, 3.05) is 4.72 Å². The maximum Gasteiger partial charge on any atom is 0.0444 e. The van der Waals surface area contributed by atoms with Crippen molar-refractivity contribution in [3.63, 3.8) is 0 Å². The standard InChI is InChI=1S/C12H9BrClNS/c13-9-1-7-12(8-2-9)16-15-11-5-3-10(14)4-6-11/h1-8,15H. The first-order valence-electron chi connectivity index (χ1n) is 4.68. The monoisotopic (exact) mass is 313 g/mol. The van der Waals surface area contributed by atoms with Gasteiger partial charge in [0.2, 0.25) is 0 Å². The van der Waals surface area contributed by atoms with Crippen LogP contribution in [0.3, 0.4) is 0 Å². The Hall–Kier alpha value is -0.640. The van der Waals surface area contributed by atoms with Gasteiger partial charge in [0.05, 0.1) is 0 Å². The van der Waals surface area contributed by atoms with Crippen LogP contribution in [-0.2, 0) is 0 Å². The third-order valence-corrected chi connectivity index (χ3v) is 3.57. The molecule has 0 aliphatic carbocycles. The van der Waals surface area contributed by atoms with Crippen molar-refractivity contribution in [2.24, 2.45) is 0 Å². The molecule has 2 aromatic rings. The number of halogens is 2. The average molecular weight is 315 g/mol. The van der Waals surface area contributed by atoms with E-state index in [0.717, 1.165) is 20.1 Å². The molecule has 4 heteroatoms. The molecule has 0 heterocycles. The van der Waals surface area contributed by atoms with Crippen LogP contribution < -0.4 is 4.72 Å². The molecule has 1 nitrogen and oxygen atoms in total. The van der Waals surface area contributed by atoms with Gasteiger partial charge in [-0.1, -0.05) is 27.5 Å². The molecule has 16 heavy (non-hydrogen) atoms. The first-order valence-corrected chi connectivity index (χ1v) is 6.67. The Morgan fingerprint density at radius 1 is 0.938 bits per heavy atom. The SMILES string of the molecule is Clc1ccc(NSc2ccc(Br)cc2)cc1. The Bertz CT molecular complexity index is 410. The lowest BCUT2D eigenvalue weighted by atomic mass is 10.3. The largest absolute Gasteiger partial charge is 0.326 e. The molecule has 0 aliphatic rings. The maximum atomic E-state index is 5.81. The number of hydrogen-bond acceptors (Lipinski definition) is 2. The smallest absolute Gasteiger partial charge is 0.0444 e. The van der Waals surface area contributed by atoms with E-state index in [-0.39, 0.29) is 0 Å². The van der Waals surface area contributed by atoms with E-state index in [4.69, 9.17) is 11.6 Å². The number of nitrogens with one attached hydrogen (secondary N) is 1. The van der Waals surface area contributed by atoms with Gasteiger partial charge in [-0.15, -0.1) is 0 Å². The molecule has 0 saturated heterocycles. The van der Waals surface area contributed by atoms with E-state index in [1.165, 1.54) is 0 Å². The topological polar surface area (TPSA) is 12.0 Å². The molecule has 0 aromatic heterocycles. The fourth-order valence-corrected chi connectivity index (χ4v) is 2.17. The van der Waals surface area contributed by atoms with E-state index < -0.39 is 0 Å². The molecule has 2 aromatic carbocycles. The summed E-state index contributed by atoms with van der Waals surface area (Å²) in [5, 5.41) is 0.749. The van der Waals surface area contributed by atoms with Crippen LogP contribution in [0.25, 0.3) is 0 Å². The molecule has 0 atom stereocenters. The Morgan fingerprint density at radius 2 is 1.56 bits per heavy atom. The number of hydrogen-bond donors (Lipinski definition) is 1. The second-order valence-electron chi connectivity index (χ2n) is 3.16.